The summed E-state index contributed by atoms with van der Waals surface area (Å²) in [4.78, 5) is 22.6. The molecule has 0 saturated heterocycles. The van der Waals surface area contributed by atoms with Gasteiger partial charge in [-0.05, 0) is 18.8 Å². The van der Waals surface area contributed by atoms with E-state index in [1.54, 1.807) is 0 Å². The number of hydrogen-bond acceptors (Lipinski definition) is 4. The fraction of sp³-hybridized carbons (Fsp3) is 0.615. The Morgan fingerprint density at radius 2 is 2.21 bits per heavy atom. The van der Waals surface area contributed by atoms with Crippen LogP contribution < -0.4 is 5.32 Å². The summed E-state index contributed by atoms with van der Waals surface area (Å²) in [6.07, 6.45) is 5.44. The van der Waals surface area contributed by atoms with Crippen LogP contribution in [0.15, 0.2) is 10.6 Å². The number of hydrogen-bond donors (Lipinski definition) is 2. The van der Waals surface area contributed by atoms with Crippen LogP contribution in [0.5, 0.6) is 0 Å². The number of nitrogens with one attached hydrogen (secondary N) is 1. The van der Waals surface area contributed by atoms with Crippen LogP contribution in [0.2, 0.25) is 0 Å². The molecule has 1 amide bonds. The van der Waals surface area contributed by atoms with Crippen molar-refractivity contribution in [3.05, 3.63) is 17.5 Å². The number of carbonyl (C=O) groups is 2. The number of carbonyl (C=O) groups excluding carboxylic acids is 1. The first-order valence-electron chi connectivity index (χ1n) is 6.62. The van der Waals surface area contributed by atoms with Gasteiger partial charge in [0.15, 0.2) is 5.69 Å². The molecule has 2 atom stereocenters. The summed E-state index contributed by atoms with van der Waals surface area (Å²) in [5, 5.41) is 15.1. The van der Waals surface area contributed by atoms with E-state index < -0.39 is 5.97 Å². The van der Waals surface area contributed by atoms with Gasteiger partial charge in [-0.2, -0.15) is 0 Å². The number of aromatic nitrogens is 1. The maximum atomic E-state index is 12.0. The van der Waals surface area contributed by atoms with Crippen LogP contribution in [0, 0.1) is 5.92 Å². The zero-order valence-corrected chi connectivity index (χ0v) is 10.9. The highest BCUT2D eigenvalue weighted by Crippen LogP contribution is 2.26. The molecule has 19 heavy (non-hydrogen) atoms. The number of nitrogens with zero attached hydrogens (tertiary/aromatic N) is 1. The van der Waals surface area contributed by atoms with Crippen LogP contribution in [-0.4, -0.2) is 28.2 Å². The third-order valence-electron chi connectivity index (χ3n) is 3.70. The van der Waals surface area contributed by atoms with E-state index in [0.717, 1.165) is 31.7 Å². The molecule has 0 aromatic carbocycles. The fourth-order valence-corrected chi connectivity index (χ4v) is 2.61. The van der Waals surface area contributed by atoms with Crippen LogP contribution in [0.25, 0.3) is 0 Å². The van der Waals surface area contributed by atoms with E-state index in [1.807, 2.05) is 0 Å². The predicted octanol–water partition coefficient (Wildman–Crippen LogP) is 2.07. The normalized spacial score (nSPS) is 23.0. The van der Waals surface area contributed by atoms with Gasteiger partial charge >= 0.3 is 5.97 Å². The Labute approximate surface area is 111 Å². The Morgan fingerprint density at radius 1 is 1.47 bits per heavy atom. The van der Waals surface area contributed by atoms with Crippen molar-refractivity contribution < 1.29 is 19.2 Å². The largest absolute Gasteiger partial charge is 0.475 e. The number of rotatable bonds is 4. The molecule has 1 aliphatic carbocycles. The van der Waals surface area contributed by atoms with Crippen LogP contribution in [0.3, 0.4) is 0 Å². The molecule has 1 aromatic rings. The van der Waals surface area contributed by atoms with Gasteiger partial charge in [-0.1, -0.05) is 31.3 Å². The van der Waals surface area contributed by atoms with Gasteiger partial charge in [0.25, 0.3) is 5.91 Å². The van der Waals surface area contributed by atoms with E-state index >= 15 is 0 Å². The smallest absolute Gasteiger partial charge is 0.374 e. The summed E-state index contributed by atoms with van der Waals surface area (Å²) < 4.78 is 4.58. The fourth-order valence-electron chi connectivity index (χ4n) is 2.61. The summed E-state index contributed by atoms with van der Waals surface area (Å²) in [5.74, 6) is -1.42. The number of amides is 1. The lowest BCUT2D eigenvalue weighted by Gasteiger charge is -2.31. The highest BCUT2D eigenvalue weighted by molar-refractivity contribution is 5.94. The minimum absolute atomic E-state index is 0.0258. The summed E-state index contributed by atoms with van der Waals surface area (Å²) >= 11 is 0. The lowest BCUT2D eigenvalue weighted by Crippen LogP contribution is -2.42. The van der Waals surface area contributed by atoms with Gasteiger partial charge in [0.1, 0.15) is 0 Å². The molecule has 1 heterocycles. The van der Waals surface area contributed by atoms with Gasteiger partial charge in [0, 0.05) is 12.1 Å². The monoisotopic (exact) mass is 266 g/mol. The number of aromatic carboxylic acids is 1. The highest BCUT2D eigenvalue weighted by Gasteiger charge is 2.26. The van der Waals surface area contributed by atoms with Crippen molar-refractivity contribution in [2.24, 2.45) is 5.92 Å². The van der Waals surface area contributed by atoms with Crippen molar-refractivity contribution >= 4 is 11.9 Å². The molecule has 0 aliphatic heterocycles. The standard InChI is InChI=1S/C13H18N2O4/c1-2-8-5-3-4-6-9(8)14-12(16)10-7-11(13(17)18)19-15-10/h7-9H,2-6H2,1H3,(H,14,16)(H,17,18). The minimum atomic E-state index is -1.23. The predicted molar refractivity (Wildman–Crippen MR) is 67.0 cm³/mol. The highest BCUT2D eigenvalue weighted by atomic mass is 16.5. The zero-order valence-electron chi connectivity index (χ0n) is 10.9. The SMILES string of the molecule is CCC1CCCCC1NC(=O)c1cc(C(=O)O)on1. The number of carboxylic acid groups (broad SMARTS) is 1. The van der Waals surface area contributed by atoms with Gasteiger partial charge in [-0.15, -0.1) is 0 Å². The van der Waals surface area contributed by atoms with Crippen molar-refractivity contribution in [2.45, 2.75) is 45.1 Å². The Hall–Kier alpha value is -1.85. The maximum absolute atomic E-state index is 12.0. The molecular weight excluding hydrogens is 248 g/mol. The van der Waals surface area contributed by atoms with E-state index in [4.69, 9.17) is 5.11 Å². The molecule has 2 unspecified atom stereocenters. The summed E-state index contributed by atoms with van der Waals surface area (Å²) in [5.41, 5.74) is 0.0258. The molecular formula is C13H18N2O4. The van der Waals surface area contributed by atoms with Gasteiger partial charge in [0.2, 0.25) is 5.76 Å². The van der Waals surface area contributed by atoms with Crippen LogP contribution in [-0.2, 0) is 0 Å². The van der Waals surface area contributed by atoms with E-state index in [0.29, 0.717) is 5.92 Å². The minimum Gasteiger partial charge on any atom is -0.475 e. The maximum Gasteiger partial charge on any atom is 0.374 e. The summed E-state index contributed by atoms with van der Waals surface area (Å²) in [6, 6.07) is 1.30. The Kier molecular flexibility index (Phi) is 4.19. The Balaban J connectivity index is 2.01. The van der Waals surface area contributed by atoms with Crippen molar-refractivity contribution in [3.63, 3.8) is 0 Å². The molecule has 1 fully saturated rings. The Bertz CT molecular complexity index is 469. The van der Waals surface area contributed by atoms with Crippen LogP contribution in [0.4, 0.5) is 0 Å². The second-order valence-corrected chi connectivity index (χ2v) is 4.91. The lowest BCUT2D eigenvalue weighted by molar-refractivity contribution is 0.0650. The molecule has 6 nitrogen and oxygen atoms in total. The molecule has 1 aromatic heterocycles. The van der Waals surface area contributed by atoms with Crippen LogP contribution in [0.1, 0.15) is 60.1 Å². The zero-order chi connectivity index (χ0) is 13.8. The van der Waals surface area contributed by atoms with Gasteiger partial charge in [0.05, 0.1) is 0 Å². The molecule has 0 radical (unpaired) electrons. The Morgan fingerprint density at radius 3 is 2.84 bits per heavy atom. The quantitative estimate of drug-likeness (QED) is 0.870. The first-order chi connectivity index (χ1) is 9.11. The van der Waals surface area contributed by atoms with E-state index in [1.165, 1.54) is 6.42 Å². The van der Waals surface area contributed by atoms with Crippen molar-refractivity contribution in [3.8, 4) is 0 Å². The molecule has 0 bridgehead atoms. The summed E-state index contributed by atoms with van der Waals surface area (Å²) in [6.45, 7) is 2.12. The molecule has 0 spiro atoms. The average Bonchev–Trinajstić information content (AvgIpc) is 2.89. The van der Waals surface area contributed by atoms with Gasteiger partial charge in [-0.25, -0.2) is 4.79 Å². The first-order valence-corrected chi connectivity index (χ1v) is 6.62. The first kappa shape index (κ1) is 13.6. The summed E-state index contributed by atoms with van der Waals surface area (Å²) in [7, 11) is 0. The molecule has 104 valence electrons. The van der Waals surface area contributed by atoms with Crippen molar-refractivity contribution in [1.29, 1.82) is 0 Å². The van der Waals surface area contributed by atoms with E-state index in [9.17, 15) is 9.59 Å². The van der Waals surface area contributed by atoms with Crippen molar-refractivity contribution in [1.82, 2.24) is 10.5 Å². The van der Waals surface area contributed by atoms with Crippen molar-refractivity contribution in [2.75, 3.05) is 0 Å². The average molecular weight is 266 g/mol. The molecule has 1 aliphatic rings. The third-order valence-corrected chi connectivity index (χ3v) is 3.70. The topological polar surface area (TPSA) is 92.4 Å². The van der Waals surface area contributed by atoms with Gasteiger partial charge < -0.3 is 14.9 Å². The second kappa shape index (κ2) is 5.86. The van der Waals surface area contributed by atoms with Crippen LogP contribution >= 0.6 is 0 Å². The second-order valence-electron chi connectivity index (χ2n) is 4.91. The number of carboxylic acids is 1. The lowest BCUT2D eigenvalue weighted by atomic mass is 9.83. The molecule has 2 N–H and O–H groups in total. The third kappa shape index (κ3) is 3.13. The molecule has 2 rings (SSSR count). The van der Waals surface area contributed by atoms with E-state index in [2.05, 4.69) is 21.9 Å². The molecule has 1 saturated carbocycles. The van der Waals surface area contributed by atoms with E-state index in [-0.39, 0.29) is 23.4 Å². The molecule has 6 heteroatoms. The van der Waals surface area contributed by atoms with Gasteiger partial charge in [-0.3, -0.25) is 4.79 Å².